The van der Waals surface area contributed by atoms with Crippen molar-refractivity contribution in [3.8, 4) is 0 Å². The van der Waals surface area contributed by atoms with E-state index in [-0.39, 0.29) is 0 Å². The van der Waals surface area contributed by atoms with Crippen molar-refractivity contribution in [2.45, 2.75) is 56.9 Å². The molecule has 19 heavy (non-hydrogen) atoms. The summed E-state index contributed by atoms with van der Waals surface area (Å²) in [4.78, 5) is 2.65. The molecule has 0 bridgehead atoms. The molecule has 2 aliphatic carbocycles. The molecule has 3 rings (SSSR count). The lowest BCUT2D eigenvalue weighted by molar-refractivity contribution is 0.0838. The SMILES string of the molecule is C1CCC2(CC1)CN(CCOCC1CC1)CCCN2. The summed E-state index contributed by atoms with van der Waals surface area (Å²) in [7, 11) is 0. The molecule has 3 heteroatoms. The average molecular weight is 266 g/mol. The van der Waals surface area contributed by atoms with Crippen LogP contribution in [-0.2, 0) is 4.74 Å². The number of ether oxygens (including phenoxy) is 1. The van der Waals surface area contributed by atoms with Crippen LogP contribution < -0.4 is 5.32 Å². The van der Waals surface area contributed by atoms with Gasteiger partial charge >= 0.3 is 0 Å². The fourth-order valence-corrected chi connectivity index (χ4v) is 3.70. The Morgan fingerprint density at radius 2 is 1.95 bits per heavy atom. The predicted molar refractivity (Wildman–Crippen MR) is 78.4 cm³/mol. The molecule has 1 N–H and O–H groups in total. The molecule has 110 valence electrons. The van der Waals surface area contributed by atoms with E-state index in [0.717, 1.165) is 25.7 Å². The van der Waals surface area contributed by atoms with Crippen LogP contribution in [0.3, 0.4) is 0 Å². The van der Waals surface area contributed by atoms with Crippen molar-refractivity contribution in [1.82, 2.24) is 10.2 Å². The fraction of sp³-hybridized carbons (Fsp3) is 1.00. The van der Waals surface area contributed by atoms with Crippen LogP contribution in [0.1, 0.15) is 51.4 Å². The summed E-state index contributed by atoms with van der Waals surface area (Å²) < 4.78 is 5.81. The maximum absolute atomic E-state index is 5.81. The highest BCUT2D eigenvalue weighted by atomic mass is 16.5. The molecule has 1 aliphatic heterocycles. The van der Waals surface area contributed by atoms with E-state index in [2.05, 4.69) is 10.2 Å². The van der Waals surface area contributed by atoms with Crippen LogP contribution in [0.25, 0.3) is 0 Å². The molecule has 3 nitrogen and oxygen atoms in total. The lowest BCUT2D eigenvalue weighted by Crippen LogP contribution is -2.53. The largest absolute Gasteiger partial charge is 0.380 e. The third-order valence-corrected chi connectivity index (χ3v) is 5.09. The van der Waals surface area contributed by atoms with Crippen LogP contribution in [0.2, 0.25) is 0 Å². The van der Waals surface area contributed by atoms with Gasteiger partial charge in [-0.1, -0.05) is 19.3 Å². The van der Waals surface area contributed by atoms with Crippen LogP contribution >= 0.6 is 0 Å². The van der Waals surface area contributed by atoms with Gasteiger partial charge in [-0.25, -0.2) is 0 Å². The number of hydrogen-bond acceptors (Lipinski definition) is 3. The zero-order valence-corrected chi connectivity index (χ0v) is 12.3. The molecule has 0 unspecified atom stereocenters. The summed E-state index contributed by atoms with van der Waals surface area (Å²) in [6.07, 6.45) is 11.1. The first-order valence-electron chi connectivity index (χ1n) is 8.41. The molecule has 2 saturated carbocycles. The molecular formula is C16H30N2O. The third kappa shape index (κ3) is 4.17. The van der Waals surface area contributed by atoms with Gasteiger partial charge in [0.1, 0.15) is 0 Å². The summed E-state index contributed by atoms with van der Waals surface area (Å²) >= 11 is 0. The number of nitrogens with zero attached hydrogens (tertiary/aromatic N) is 1. The summed E-state index contributed by atoms with van der Waals surface area (Å²) in [5.41, 5.74) is 0.436. The maximum Gasteiger partial charge on any atom is 0.0593 e. The van der Waals surface area contributed by atoms with Crippen LogP contribution in [0.15, 0.2) is 0 Å². The van der Waals surface area contributed by atoms with Gasteiger partial charge in [-0.3, -0.25) is 4.90 Å². The Labute approximate surface area is 118 Å². The first kappa shape index (κ1) is 13.8. The standard InChI is InChI=1S/C16H30N2O/c1-2-7-16(8-3-1)14-18(10-4-9-17-16)11-12-19-13-15-5-6-15/h15,17H,1-14H2. The maximum atomic E-state index is 5.81. The molecule has 1 spiro atoms. The minimum atomic E-state index is 0.436. The first-order chi connectivity index (χ1) is 9.36. The minimum Gasteiger partial charge on any atom is -0.380 e. The summed E-state index contributed by atoms with van der Waals surface area (Å²) in [5, 5.41) is 3.86. The molecule has 0 atom stereocenters. The van der Waals surface area contributed by atoms with Gasteiger partial charge in [0.2, 0.25) is 0 Å². The zero-order valence-electron chi connectivity index (χ0n) is 12.3. The van der Waals surface area contributed by atoms with Crippen molar-refractivity contribution >= 4 is 0 Å². The highest BCUT2D eigenvalue weighted by molar-refractivity contribution is 4.95. The van der Waals surface area contributed by atoms with Gasteiger partial charge in [-0.05, 0) is 51.1 Å². The van der Waals surface area contributed by atoms with E-state index < -0.39 is 0 Å². The van der Waals surface area contributed by atoms with Gasteiger partial charge < -0.3 is 10.1 Å². The van der Waals surface area contributed by atoms with Gasteiger partial charge in [-0.15, -0.1) is 0 Å². The van der Waals surface area contributed by atoms with Crippen molar-refractivity contribution in [3.63, 3.8) is 0 Å². The molecule has 0 aromatic rings. The zero-order chi connectivity index (χ0) is 13.0. The lowest BCUT2D eigenvalue weighted by Gasteiger charge is -2.40. The molecule has 0 radical (unpaired) electrons. The molecule has 3 fully saturated rings. The average Bonchev–Trinajstić information content (AvgIpc) is 3.25. The van der Waals surface area contributed by atoms with Crippen molar-refractivity contribution in [2.75, 3.05) is 39.4 Å². The molecule has 3 aliphatic rings. The number of hydrogen-bond donors (Lipinski definition) is 1. The van der Waals surface area contributed by atoms with E-state index >= 15 is 0 Å². The van der Waals surface area contributed by atoms with Gasteiger partial charge in [-0.2, -0.15) is 0 Å². The molecule has 1 saturated heterocycles. The Kier molecular flexibility index (Phi) is 4.78. The molecule has 1 heterocycles. The summed E-state index contributed by atoms with van der Waals surface area (Å²) in [6, 6.07) is 0. The monoisotopic (exact) mass is 266 g/mol. The molecular weight excluding hydrogens is 236 g/mol. The van der Waals surface area contributed by atoms with E-state index in [1.165, 1.54) is 71.0 Å². The summed E-state index contributed by atoms with van der Waals surface area (Å²) in [6.45, 7) is 6.79. The predicted octanol–water partition coefficient (Wildman–Crippen LogP) is 2.41. The second-order valence-corrected chi connectivity index (χ2v) is 6.92. The van der Waals surface area contributed by atoms with Gasteiger partial charge in [0, 0.05) is 25.2 Å². The van der Waals surface area contributed by atoms with Crippen LogP contribution in [0, 0.1) is 5.92 Å². The Bertz CT molecular complexity index is 272. The minimum absolute atomic E-state index is 0.436. The fourth-order valence-electron chi connectivity index (χ4n) is 3.70. The topological polar surface area (TPSA) is 24.5 Å². The first-order valence-corrected chi connectivity index (χ1v) is 8.41. The normalized spacial score (nSPS) is 28.4. The van der Waals surface area contributed by atoms with Crippen molar-refractivity contribution in [3.05, 3.63) is 0 Å². The Morgan fingerprint density at radius 1 is 1.11 bits per heavy atom. The van der Waals surface area contributed by atoms with Gasteiger partial charge in [0.05, 0.1) is 6.61 Å². The van der Waals surface area contributed by atoms with Crippen molar-refractivity contribution < 1.29 is 4.74 Å². The highest BCUT2D eigenvalue weighted by Gasteiger charge is 2.34. The van der Waals surface area contributed by atoms with Crippen molar-refractivity contribution in [1.29, 1.82) is 0 Å². The highest BCUT2D eigenvalue weighted by Crippen LogP contribution is 2.30. The van der Waals surface area contributed by atoms with E-state index in [9.17, 15) is 0 Å². The van der Waals surface area contributed by atoms with E-state index in [1.54, 1.807) is 0 Å². The van der Waals surface area contributed by atoms with Gasteiger partial charge in [0.25, 0.3) is 0 Å². The van der Waals surface area contributed by atoms with Crippen molar-refractivity contribution in [2.24, 2.45) is 5.92 Å². The van der Waals surface area contributed by atoms with Crippen LogP contribution in [0.5, 0.6) is 0 Å². The van der Waals surface area contributed by atoms with Crippen LogP contribution in [-0.4, -0.2) is 49.8 Å². The third-order valence-electron chi connectivity index (χ3n) is 5.09. The van der Waals surface area contributed by atoms with E-state index in [4.69, 9.17) is 4.74 Å². The Balaban J connectivity index is 1.43. The van der Waals surface area contributed by atoms with E-state index in [1.807, 2.05) is 0 Å². The molecule has 0 amide bonds. The quantitative estimate of drug-likeness (QED) is 0.773. The van der Waals surface area contributed by atoms with Crippen LogP contribution in [0.4, 0.5) is 0 Å². The Morgan fingerprint density at radius 3 is 2.74 bits per heavy atom. The smallest absolute Gasteiger partial charge is 0.0593 e. The second-order valence-electron chi connectivity index (χ2n) is 6.92. The van der Waals surface area contributed by atoms with E-state index in [0.29, 0.717) is 5.54 Å². The Hall–Kier alpha value is -0.120. The second kappa shape index (κ2) is 6.55. The lowest BCUT2D eigenvalue weighted by atomic mass is 9.81. The number of rotatable bonds is 5. The molecule has 0 aromatic heterocycles. The summed E-state index contributed by atoms with van der Waals surface area (Å²) in [5.74, 6) is 0.899. The van der Waals surface area contributed by atoms with Gasteiger partial charge in [0.15, 0.2) is 0 Å². The number of nitrogens with one attached hydrogen (secondary N) is 1. The molecule has 0 aromatic carbocycles.